The summed E-state index contributed by atoms with van der Waals surface area (Å²) >= 11 is 0. The molecule has 0 fully saturated rings. The molecule has 1 aromatic carbocycles. The van der Waals surface area contributed by atoms with Crippen molar-refractivity contribution >= 4 is 11.7 Å². The molecule has 0 saturated carbocycles. The Morgan fingerprint density at radius 1 is 1.45 bits per heavy atom. The molecule has 0 amide bonds. The molecule has 0 aliphatic rings. The van der Waals surface area contributed by atoms with Crippen molar-refractivity contribution in [3.63, 3.8) is 0 Å². The van der Waals surface area contributed by atoms with Crippen LogP contribution in [0, 0.1) is 10.1 Å². The Balaban J connectivity index is 2.68. The molecular formula is C12H16N2O6. The third-order valence-corrected chi connectivity index (χ3v) is 2.55. The summed E-state index contributed by atoms with van der Waals surface area (Å²) in [4.78, 5) is 21.4. The number of nitro benzene ring substituents is 1. The number of methoxy groups -OCH3 is 2. The fourth-order valence-corrected chi connectivity index (χ4v) is 1.45. The summed E-state index contributed by atoms with van der Waals surface area (Å²) in [5, 5.41) is 10.9. The Kier molecular flexibility index (Phi) is 5.73. The zero-order valence-electron chi connectivity index (χ0n) is 11.2. The van der Waals surface area contributed by atoms with E-state index in [0.29, 0.717) is 5.75 Å². The highest BCUT2D eigenvalue weighted by Crippen LogP contribution is 2.31. The summed E-state index contributed by atoms with van der Waals surface area (Å²) in [7, 11) is 2.65. The summed E-state index contributed by atoms with van der Waals surface area (Å²) in [5.74, 6) is -0.110. The second kappa shape index (κ2) is 7.29. The molecule has 2 N–H and O–H groups in total. The predicted molar refractivity (Wildman–Crippen MR) is 69.8 cm³/mol. The van der Waals surface area contributed by atoms with E-state index in [9.17, 15) is 14.9 Å². The molecule has 1 unspecified atom stereocenters. The fourth-order valence-electron chi connectivity index (χ4n) is 1.45. The van der Waals surface area contributed by atoms with E-state index in [0.717, 1.165) is 0 Å². The van der Waals surface area contributed by atoms with Gasteiger partial charge in [0, 0.05) is 6.42 Å². The number of rotatable bonds is 7. The first-order valence-electron chi connectivity index (χ1n) is 5.78. The molecule has 0 aromatic heterocycles. The molecule has 0 heterocycles. The van der Waals surface area contributed by atoms with E-state index >= 15 is 0 Å². The Labute approximate surface area is 115 Å². The van der Waals surface area contributed by atoms with Gasteiger partial charge in [0.25, 0.3) is 0 Å². The number of nitro groups is 1. The predicted octanol–water partition coefficient (Wildman–Crippen LogP) is 0.873. The van der Waals surface area contributed by atoms with Crippen molar-refractivity contribution in [2.24, 2.45) is 5.73 Å². The van der Waals surface area contributed by atoms with Gasteiger partial charge in [-0.25, -0.2) is 0 Å². The second-order valence-corrected chi connectivity index (χ2v) is 3.86. The Morgan fingerprint density at radius 2 is 2.15 bits per heavy atom. The standard InChI is InChI=1S/C12H16N2O6/c1-18-8-3-4-11(10(7-8)14(16)17)20-6-5-9(13)12(15)19-2/h3-4,7,9H,5-6,13H2,1-2H3. The molecule has 8 nitrogen and oxygen atoms in total. The van der Waals surface area contributed by atoms with Gasteiger partial charge in [-0.1, -0.05) is 0 Å². The number of hydrogen-bond acceptors (Lipinski definition) is 7. The van der Waals surface area contributed by atoms with Gasteiger partial charge in [-0.05, 0) is 12.1 Å². The normalized spacial score (nSPS) is 11.6. The lowest BCUT2D eigenvalue weighted by Crippen LogP contribution is -2.33. The summed E-state index contributed by atoms with van der Waals surface area (Å²) in [5.41, 5.74) is 5.31. The van der Waals surface area contributed by atoms with Gasteiger partial charge in [-0.2, -0.15) is 0 Å². The molecule has 0 saturated heterocycles. The monoisotopic (exact) mass is 284 g/mol. The second-order valence-electron chi connectivity index (χ2n) is 3.86. The van der Waals surface area contributed by atoms with E-state index in [1.54, 1.807) is 6.07 Å². The molecule has 8 heteroatoms. The first-order chi connectivity index (χ1) is 9.49. The molecule has 0 bridgehead atoms. The molecule has 0 spiro atoms. The molecule has 1 atom stereocenters. The van der Waals surface area contributed by atoms with Gasteiger partial charge in [0.15, 0.2) is 5.75 Å². The molecule has 110 valence electrons. The Bertz CT molecular complexity index is 491. The minimum atomic E-state index is -0.822. The van der Waals surface area contributed by atoms with Crippen molar-refractivity contribution < 1.29 is 23.9 Å². The van der Waals surface area contributed by atoms with Gasteiger partial charge in [0.1, 0.15) is 11.8 Å². The number of carbonyl (C=O) groups excluding carboxylic acids is 1. The number of esters is 1. The van der Waals surface area contributed by atoms with Crippen molar-refractivity contribution in [2.45, 2.75) is 12.5 Å². The van der Waals surface area contributed by atoms with Crippen molar-refractivity contribution in [2.75, 3.05) is 20.8 Å². The van der Waals surface area contributed by atoms with Crippen molar-refractivity contribution in [3.8, 4) is 11.5 Å². The number of ether oxygens (including phenoxy) is 3. The van der Waals surface area contributed by atoms with Crippen LogP contribution in [0.15, 0.2) is 18.2 Å². The number of nitrogens with zero attached hydrogens (tertiary/aromatic N) is 1. The van der Waals surface area contributed by atoms with Crippen LogP contribution >= 0.6 is 0 Å². The van der Waals surface area contributed by atoms with Crippen molar-refractivity contribution in [3.05, 3.63) is 28.3 Å². The molecule has 20 heavy (non-hydrogen) atoms. The average molecular weight is 284 g/mol. The van der Waals surface area contributed by atoms with E-state index in [1.807, 2.05) is 0 Å². The topological polar surface area (TPSA) is 114 Å². The van der Waals surface area contributed by atoms with Gasteiger partial charge in [-0.15, -0.1) is 0 Å². The smallest absolute Gasteiger partial charge is 0.322 e. The van der Waals surface area contributed by atoms with Gasteiger partial charge < -0.3 is 19.9 Å². The maximum atomic E-state index is 11.1. The quantitative estimate of drug-likeness (QED) is 0.449. The van der Waals surface area contributed by atoms with E-state index in [2.05, 4.69) is 4.74 Å². The van der Waals surface area contributed by atoms with Gasteiger partial charge in [-0.3, -0.25) is 14.9 Å². The first kappa shape index (κ1) is 15.7. The number of hydrogen-bond donors (Lipinski definition) is 1. The highest BCUT2D eigenvalue weighted by atomic mass is 16.6. The van der Waals surface area contributed by atoms with E-state index in [-0.39, 0.29) is 24.5 Å². The van der Waals surface area contributed by atoms with Crippen LogP contribution in [-0.4, -0.2) is 37.8 Å². The Hall–Kier alpha value is -2.35. The van der Waals surface area contributed by atoms with E-state index in [1.165, 1.54) is 26.4 Å². The van der Waals surface area contributed by atoms with Gasteiger partial charge in [0.05, 0.1) is 31.8 Å². The minimum Gasteiger partial charge on any atom is -0.496 e. The van der Waals surface area contributed by atoms with Crippen LogP contribution in [-0.2, 0) is 9.53 Å². The zero-order chi connectivity index (χ0) is 15.1. The molecule has 1 aromatic rings. The van der Waals surface area contributed by atoms with Crippen LogP contribution in [0.2, 0.25) is 0 Å². The molecular weight excluding hydrogens is 268 g/mol. The highest BCUT2D eigenvalue weighted by Gasteiger charge is 2.18. The van der Waals surface area contributed by atoms with Crippen molar-refractivity contribution in [1.82, 2.24) is 0 Å². The SMILES string of the molecule is COC(=O)C(N)CCOc1ccc(OC)cc1[N+](=O)[O-]. The first-order valence-corrected chi connectivity index (χ1v) is 5.78. The number of nitrogens with two attached hydrogens (primary N) is 1. The largest absolute Gasteiger partial charge is 0.496 e. The third-order valence-electron chi connectivity index (χ3n) is 2.55. The molecule has 1 rings (SSSR count). The summed E-state index contributed by atoms with van der Waals surface area (Å²) < 4.78 is 14.6. The molecule has 0 aliphatic heterocycles. The average Bonchev–Trinajstić information content (AvgIpc) is 2.46. The van der Waals surface area contributed by atoms with Gasteiger partial charge >= 0.3 is 11.7 Å². The van der Waals surface area contributed by atoms with Crippen LogP contribution in [0.1, 0.15) is 6.42 Å². The lowest BCUT2D eigenvalue weighted by atomic mass is 10.2. The van der Waals surface area contributed by atoms with Gasteiger partial charge in [0.2, 0.25) is 0 Å². The van der Waals surface area contributed by atoms with Crippen LogP contribution in [0.4, 0.5) is 5.69 Å². The summed E-state index contributed by atoms with van der Waals surface area (Å²) in [6.45, 7) is 0.0590. The van der Waals surface area contributed by atoms with Crippen LogP contribution in [0.5, 0.6) is 11.5 Å². The maximum Gasteiger partial charge on any atom is 0.322 e. The number of benzene rings is 1. The Morgan fingerprint density at radius 3 is 2.70 bits per heavy atom. The van der Waals surface area contributed by atoms with Crippen molar-refractivity contribution in [1.29, 1.82) is 0 Å². The third kappa shape index (κ3) is 4.09. The number of carbonyl (C=O) groups is 1. The zero-order valence-corrected chi connectivity index (χ0v) is 11.2. The van der Waals surface area contributed by atoms with Crippen LogP contribution in [0.25, 0.3) is 0 Å². The maximum absolute atomic E-state index is 11.1. The summed E-state index contributed by atoms with van der Waals surface area (Å²) in [6, 6.07) is 3.41. The highest BCUT2D eigenvalue weighted by molar-refractivity contribution is 5.75. The van der Waals surface area contributed by atoms with E-state index in [4.69, 9.17) is 15.2 Å². The van der Waals surface area contributed by atoms with Crippen LogP contribution in [0.3, 0.4) is 0 Å². The lowest BCUT2D eigenvalue weighted by Gasteiger charge is -2.11. The fraction of sp³-hybridized carbons (Fsp3) is 0.417. The van der Waals surface area contributed by atoms with Crippen LogP contribution < -0.4 is 15.2 Å². The lowest BCUT2D eigenvalue weighted by molar-refractivity contribution is -0.385. The molecule has 0 radical (unpaired) electrons. The minimum absolute atomic E-state index is 0.0590. The van der Waals surface area contributed by atoms with E-state index < -0.39 is 16.9 Å². The molecule has 0 aliphatic carbocycles. The summed E-state index contributed by atoms with van der Waals surface area (Å²) in [6.07, 6.45) is 0.190.